The van der Waals surface area contributed by atoms with Gasteiger partial charge in [-0.05, 0) is 52.4 Å². The molecule has 0 aliphatic rings. The molecule has 2 nitrogen and oxygen atoms in total. The van der Waals surface area contributed by atoms with E-state index in [1.807, 2.05) is 6.07 Å². The molecule has 0 spiro atoms. The molecule has 1 atom stereocenters. The molecule has 0 fully saturated rings. The second kappa shape index (κ2) is 10.5. The number of benzene rings is 1. The summed E-state index contributed by atoms with van der Waals surface area (Å²) in [6.07, 6.45) is 4.69. The van der Waals surface area contributed by atoms with Gasteiger partial charge in [0.15, 0.2) is 0 Å². The Morgan fingerprint density at radius 1 is 1.14 bits per heavy atom. The maximum atomic E-state index is 6.70. The van der Waals surface area contributed by atoms with Crippen molar-refractivity contribution in [2.24, 2.45) is 5.92 Å². The minimum atomic E-state index is 0.0641. The van der Waals surface area contributed by atoms with Crippen molar-refractivity contribution in [3.05, 3.63) is 28.2 Å². The van der Waals surface area contributed by atoms with Gasteiger partial charge in [0.2, 0.25) is 0 Å². The Morgan fingerprint density at radius 3 is 2.33 bits per heavy atom. The summed E-state index contributed by atoms with van der Waals surface area (Å²) in [6, 6.07) is 6.14. The van der Waals surface area contributed by atoms with E-state index < -0.39 is 0 Å². The quantitative estimate of drug-likeness (QED) is 0.369. The minimum absolute atomic E-state index is 0.0641. The van der Waals surface area contributed by atoms with Gasteiger partial charge in [-0.1, -0.05) is 32.8 Å². The monoisotopic (exact) mass is 376 g/mol. The highest BCUT2D eigenvalue weighted by atomic mass is 79.9. The van der Waals surface area contributed by atoms with Crippen LogP contribution in [0.25, 0.3) is 0 Å². The fraction of sp³-hybridized carbons (Fsp3) is 0.647. The summed E-state index contributed by atoms with van der Waals surface area (Å²) in [5.41, 5.74) is 1.16. The summed E-state index contributed by atoms with van der Waals surface area (Å²) in [4.78, 5) is 0. The highest BCUT2D eigenvalue weighted by molar-refractivity contribution is 9.10. The number of methoxy groups -OCH3 is 1. The lowest BCUT2D eigenvalue weighted by Gasteiger charge is -2.22. The van der Waals surface area contributed by atoms with Crippen molar-refractivity contribution in [1.29, 1.82) is 0 Å². The Labute approximate surface area is 142 Å². The zero-order valence-electron chi connectivity index (χ0n) is 13.2. The Hall–Kier alpha value is -0.250. The summed E-state index contributed by atoms with van der Waals surface area (Å²) in [5.74, 6) is 1.37. The van der Waals surface area contributed by atoms with Crippen molar-refractivity contribution in [2.75, 3.05) is 20.3 Å². The van der Waals surface area contributed by atoms with Crippen LogP contribution in [0.5, 0.6) is 5.75 Å². The first-order valence-corrected chi connectivity index (χ1v) is 8.92. The Bertz CT molecular complexity index is 406. The Kier molecular flexibility index (Phi) is 9.37. The minimum Gasteiger partial charge on any atom is -0.490 e. The molecule has 0 aromatic heterocycles. The van der Waals surface area contributed by atoms with Gasteiger partial charge < -0.3 is 9.47 Å². The van der Waals surface area contributed by atoms with Crippen LogP contribution in [-0.2, 0) is 4.74 Å². The third kappa shape index (κ3) is 6.17. The lowest BCUT2D eigenvalue weighted by molar-refractivity contribution is 0.146. The summed E-state index contributed by atoms with van der Waals surface area (Å²) in [6.45, 7) is 5.57. The molecular weight excluding hydrogens is 352 g/mol. The molecule has 0 heterocycles. The van der Waals surface area contributed by atoms with E-state index in [1.54, 1.807) is 7.11 Å². The highest BCUT2D eigenvalue weighted by Gasteiger charge is 2.20. The number of alkyl halides is 1. The number of halogens is 2. The predicted octanol–water partition coefficient (Wildman–Crippen LogP) is 5.97. The number of hydrogen-bond donors (Lipinski definition) is 0. The fourth-order valence-electron chi connectivity index (χ4n) is 2.49. The summed E-state index contributed by atoms with van der Waals surface area (Å²) in [7, 11) is 1.67. The molecule has 120 valence electrons. The van der Waals surface area contributed by atoms with E-state index in [1.165, 1.54) is 25.7 Å². The molecule has 0 aliphatic heterocycles. The van der Waals surface area contributed by atoms with Gasteiger partial charge in [0, 0.05) is 7.11 Å². The topological polar surface area (TPSA) is 18.5 Å². The average Bonchev–Trinajstić information content (AvgIpc) is 2.48. The summed E-state index contributed by atoms with van der Waals surface area (Å²) in [5, 5.41) is 0.0641. The first-order valence-electron chi connectivity index (χ1n) is 7.69. The van der Waals surface area contributed by atoms with Crippen molar-refractivity contribution in [1.82, 2.24) is 0 Å². The SMILES string of the molecule is CCCC(CCC)C(Cl)c1ccc(OCCOC)c(Br)c1. The van der Waals surface area contributed by atoms with E-state index >= 15 is 0 Å². The summed E-state index contributed by atoms with van der Waals surface area (Å²) >= 11 is 10.3. The molecule has 0 radical (unpaired) electrons. The third-order valence-corrected chi connectivity index (χ3v) is 4.78. The molecule has 0 saturated carbocycles. The predicted molar refractivity (Wildman–Crippen MR) is 93.4 cm³/mol. The van der Waals surface area contributed by atoms with E-state index in [4.69, 9.17) is 21.1 Å². The van der Waals surface area contributed by atoms with E-state index in [0.29, 0.717) is 19.1 Å². The van der Waals surface area contributed by atoms with Crippen LogP contribution in [0, 0.1) is 5.92 Å². The average molecular weight is 378 g/mol. The van der Waals surface area contributed by atoms with Gasteiger partial charge >= 0.3 is 0 Å². The van der Waals surface area contributed by atoms with E-state index in [-0.39, 0.29) is 5.38 Å². The zero-order valence-corrected chi connectivity index (χ0v) is 15.5. The van der Waals surface area contributed by atoms with Crippen LogP contribution in [0.1, 0.15) is 50.5 Å². The maximum absolute atomic E-state index is 6.70. The Balaban J connectivity index is 2.76. The van der Waals surface area contributed by atoms with Gasteiger partial charge in [-0.15, -0.1) is 11.6 Å². The number of rotatable bonds is 10. The number of ether oxygens (including phenoxy) is 2. The lowest BCUT2D eigenvalue weighted by atomic mass is 9.90. The van der Waals surface area contributed by atoms with Crippen LogP contribution in [0.4, 0.5) is 0 Å². The van der Waals surface area contributed by atoms with Crippen molar-refractivity contribution < 1.29 is 9.47 Å². The van der Waals surface area contributed by atoms with Crippen LogP contribution in [0.15, 0.2) is 22.7 Å². The number of hydrogen-bond acceptors (Lipinski definition) is 2. The van der Waals surface area contributed by atoms with E-state index in [9.17, 15) is 0 Å². The molecule has 0 bridgehead atoms. The van der Waals surface area contributed by atoms with Gasteiger partial charge in [-0.2, -0.15) is 0 Å². The van der Waals surface area contributed by atoms with Crippen LogP contribution in [-0.4, -0.2) is 20.3 Å². The van der Waals surface area contributed by atoms with Crippen molar-refractivity contribution in [3.8, 4) is 5.75 Å². The molecule has 1 aromatic carbocycles. The molecule has 1 aromatic rings. The van der Waals surface area contributed by atoms with Crippen LogP contribution < -0.4 is 4.74 Å². The maximum Gasteiger partial charge on any atom is 0.133 e. The smallest absolute Gasteiger partial charge is 0.133 e. The zero-order chi connectivity index (χ0) is 15.7. The third-order valence-electron chi connectivity index (χ3n) is 3.55. The van der Waals surface area contributed by atoms with Gasteiger partial charge in [-0.25, -0.2) is 0 Å². The highest BCUT2D eigenvalue weighted by Crippen LogP contribution is 2.38. The molecular formula is C17H26BrClO2. The largest absolute Gasteiger partial charge is 0.490 e. The van der Waals surface area contributed by atoms with Crippen molar-refractivity contribution in [2.45, 2.75) is 44.9 Å². The van der Waals surface area contributed by atoms with Gasteiger partial charge in [0.05, 0.1) is 16.5 Å². The van der Waals surface area contributed by atoms with Crippen molar-refractivity contribution in [3.63, 3.8) is 0 Å². The second-order valence-corrected chi connectivity index (χ2v) is 6.59. The van der Waals surface area contributed by atoms with Crippen molar-refractivity contribution >= 4 is 27.5 Å². The standard InChI is InChI=1S/C17H26BrClO2/c1-4-6-13(7-5-2)17(19)14-8-9-16(15(18)12-14)21-11-10-20-3/h8-9,12-13,17H,4-7,10-11H2,1-3H3. The van der Waals surface area contributed by atoms with E-state index in [2.05, 4.69) is 41.9 Å². The molecule has 0 amide bonds. The molecule has 0 aliphatic carbocycles. The molecule has 0 N–H and O–H groups in total. The molecule has 21 heavy (non-hydrogen) atoms. The van der Waals surface area contributed by atoms with Gasteiger partial charge in [-0.3, -0.25) is 0 Å². The van der Waals surface area contributed by atoms with Gasteiger partial charge in [0.25, 0.3) is 0 Å². The second-order valence-electron chi connectivity index (χ2n) is 5.27. The lowest BCUT2D eigenvalue weighted by Crippen LogP contribution is -2.09. The first-order chi connectivity index (χ1) is 10.1. The fourth-order valence-corrected chi connectivity index (χ4v) is 3.39. The molecule has 1 unspecified atom stereocenters. The summed E-state index contributed by atoms with van der Waals surface area (Å²) < 4.78 is 11.6. The first kappa shape index (κ1) is 18.8. The van der Waals surface area contributed by atoms with Crippen LogP contribution >= 0.6 is 27.5 Å². The van der Waals surface area contributed by atoms with Crippen LogP contribution in [0.3, 0.4) is 0 Å². The van der Waals surface area contributed by atoms with Gasteiger partial charge in [0.1, 0.15) is 12.4 Å². The molecule has 4 heteroatoms. The Morgan fingerprint density at radius 2 is 1.81 bits per heavy atom. The molecule has 1 rings (SSSR count). The molecule has 0 saturated heterocycles. The van der Waals surface area contributed by atoms with E-state index in [0.717, 1.165) is 15.8 Å². The van der Waals surface area contributed by atoms with Crippen LogP contribution in [0.2, 0.25) is 0 Å². The normalized spacial score (nSPS) is 12.7.